The third kappa shape index (κ3) is 3.91. The molecule has 1 fully saturated rings. The summed E-state index contributed by atoms with van der Waals surface area (Å²) in [6, 6.07) is 2.87. The number of aromatic amines is 1. The van der Waals surface area contributed by atoms with E-state index in [2.05, 4.69) is 10.3 Å². The van der Waals surface area contributed by atoms with Gasteiger partial charge in [0.05, 0.1) is 13.2 Å². The van der Waals surface area contributed by atoms with Crippen molar-refractivity contribution in [1.29, 1.82) is 0 Å². The number of hydrogen-bond donors (Lipinski definition) is 2. The Balaban J connectivity index is 1.87. The number of aromatic nitrogens is 1. The number of H-pyrrole nitrogens is 1. The maximum atomic E-state index is 11.9. The predicted molar refractivity (Wildman–Crippen MR) is 74.5 cm³/mol. The number of rotatable bonds is 5. The Morgan fingerprint density at radius 2 is 2.29 bits per heavy atom. The second kappa shape index (κ2) is 7.03. The van der Waals surface area contributed by atoms with Crippen molar-refractivity contribution in [3.63, 3.8) is 0 Å². The number of imide groups is 1. The van der Waals surface area contributed by atoms with Gasteiger partial charge in [-0.15, -0.1) is 0 Å². The maximum Gasteiger partial charge on any atom is 0.323 e. The topological polar surface area (TPSA) is 91.5 Å². The van der Waals surface area contributed by atoms with Crippen LogP contribution < -0.4 is 5.32 Å². The number of carbonyl (C=O) groups excluding carboxylic acids is 3. The van der Waals surface area contributed by atoms with Crippen LogP contribution in [0.25, 0.3) is 0 Å². The van der Waals surface area contributed by atoms with Crippen LogP contribution in [0.1, 0.15) is 30.3 Å². The molecule has 21 heavy (non-hydrogen) atoms. The first kappa shape index (κ1) is 15.2. The molecule has 1 aliphatic rings. The van der Waals surface area contributed by atoms with Gasteiger partial charge >= 0.3 is 5.97 Å². The normalized spacial score (nSPS) is 18.4. The van der Waals surface area contributed by atoms with Gasteiger partial charge in [0.2, 0.25) is 5.91 Å². The highest BCUT2D eigenvalue weighted by atomic mass is 16.5. The van der Waals surface area contributed by atoms with Crippen molar-refractivity contribution >= 4 is 17.8 Å². The molecule has 1 aromatic rings. The number of carbonyl (C=O) groups is 3. The van der Waals surface area contributed by atoms with Gasteiger partial charge in [-0.05, 0) is 38.4 Å². The monoisotopic (exact) mass is 293 g/mol. The predicted octanol–water partition coefficient (Wildman–Crippen LogP) is 0.299. The van der Waals surface area contributed by atoms with Crippen LogP contribution in [0.5, 0.6) is 0 Å². The maximum absolute atomic E-state index is 11.9. The van der Waals surface area contributed by atoms with E-state index >= 15 is 0 Å². The minimum Gasteiger partial charge on any atom is -0.465 e. The fraction of sp³-hybridized carbons (Fsp3) is 0.500. The Bertz CT molecular complexity index is 512. The van der Waals surface area contributed by atoms with Crippen molar-refractivity contribution in [2.45, 2.75) is 25.8 Å². The second-order valence-electron chi connectivity index (χ2n) is 4.84. The van der Waals surface area contributed by atoms with Crippen molar-refractivity contribution in [2.75, 3.05) is 19.7 Å². The van der Waals surface area contributed by atoms with E-state index < -0.39 is 17.9 Å². The highest BCUT2D eigenvalue weighted by Gasteiger charge is 2.33. The van der Waals surface area contributed by atoms with Crippen LogP contribution in [0.15, 0.2) is 18.3 Å². The Kier molecular flexibility index (Phi) is 5.10. The first-order chi connectivity index (χ1) is 10.1. The molecule has 2 rings (SSSR count). The van der Waals surface area contributed by atoms with E-state index in [9.17, 15) is 14.4 Å². The first-order valence-electron chi connectivity index (χ1n) is 7.00. The van der Waals surface area contributed by atoms with Gasteiger partial charge in [0, 0.05) is 6.20 Å². The van der Waals surface area contributed by atoms with Crippen molar-refractivity contribution in [1.82, 2.24) is 15.2 Å². The molecule has 2 amide bonds. The molecular formula is C14H19N3O4. The molecule has 1 unspecified atom stereocenters. The van der Waals surface area contributed by atoms with Gasteiger partial charge in [0.1, 0.15) is 11.7 Å². The number of likely N-dealkylation sites (tertiary alicyclic amines) is 1. The number of nitrogens with zero attached hydrogens (tertiary/aromatic N) is 1. The fourth-order valence-electron chi connectivity index (χ4n) is 2.41. The van der Waals surface area contributed by atoms with E-state index in [4.69, 9.17) is 4.74 Å². The van der Waals surface area contributed by atoms with Crippen molar-refractivity contribution in [2.24, 2.45) is 0 Å². The van der Waals surface area contributed by atoms with Crippen molar-refractivity contribution < 1.29 is 19.1 Å². The van der Waals surface area contributed by atoms with Crippen LogP contribution in [-0.2, 0) is 14.3 Å². The van der Waals surface area contributed by atoms with E-state index in [0.717, 1.165) is 6.42 Å². The summed E-state index contributed by atoms with van der Waals surface area (Å²) in [7, 11) is 0. The fourth-order valence-corrected chi connectivity index (χ4v) is 2.41. The summed E-state index contributed by atoms with van der Waals surface area (Å²) < 4.78 is 4.99. The van der Waals surface area contributed by atoms with Crippen LogP contribution in [0, 0.1) is 0 Å². The van der Waals surface area contributed by atoms with Crippen LogP contribution in [0.2, 0.25) is 0 Å². The molecule has 2 heterocycles. The summed E-state index contributed by atoms with van der Waals surface area (Å²) in [6.07, 6.45) is 3.12. The van der Waals surface area contributed by atoms with E-state index in [1.54, 1.807) is 30.2 Å². The van der Waals surface area contributed by atoms with Gasteiger partial charge in [-0.25, -0.2) is 0 Å². The summed E-state index contributed by atoms with van der Waals surface area (Å²) in [5.74, 6) is -1.21. The van der Waals surface area contributed by atoms with Gasteiger partial charge in [-0.1, -0.05) is 0 Å². The summed E-state index contributed by atoms with van der Waals surface area (Å²) >= 11 is 0. The molecule has 7 nitrogen and oxygen atoms in total. The van der Waals surface area contributed by atoms with Crippen molar-refractivity contribution in [3.8, 4) is 0 Å². The summed E-state index contributed by atoms with van der Waals surface area (Å²) in [5.41, 5.74) is 0.326. The lowest BCUT2D eigenvalue weighted by atomic mass is 10.2. The van der Waals surface area contributed by atoms with Gasteiger partial charge in [0.25, 0.3) is 5.91 Å². The SMILES string of the molecule is CCOC(=O)C1CCCN1CC(=O)NC(=O)c1ccc[nH]1. The molecule has 0 spiro atoms. The van der Waals surface area contributed by atoms with E-state index in [1.807, 2.05) is 0 Å². The molecule has 1 aromatic heterocycles. The average Bonchev–Trinajstić information content (AvgIpc) is 3.09. The molecule has 1 atom stereocenters. The minimum absolute atomic E-state index is 0.00985. The smallest absolute Gasteiger partial charge is 0.323 e. The van der Waals surface area contributed by atoms with Crippen molar-refractivity contribution in [3.05, 3.63) is 24.0 Å². The number of esters is 1. The van der Waals surface area contributed by atoms with Gasteiger partial charge < -0.3 is 9.72 Å². The lowest BCUT2D eigenvalue weighted by Crippen LogP contribution is -2.45. The molecule has 0 aromatic carbocycles. The number of ether oxygens (including phenoxy) is 1. The molecule has 7 heteroatoms. The lowest BCUT2D eigenvalue weighted by Gasteiger charge is -2.21. The average molecular weight is 293 g/mol. The largest absolute Gasteiger partial charge is 0.465 e. The number of hydrogen-bond acceptors (Lipinski definition) is 5. The molecule has 0 saturated carbocycles. The number of nitrogens with one attached hydrogen (secondary N) is 2. The van der Waals surface area contributed by atoms with Crippen LogP contribution in [0.4, 0.5) is 0 Å². The van der Waals surface area contributed by atoms with Crippen LogP contribution >= 0.6 is 0 Å². The zero-order valence-corrected chi connectivity index (χ0v) is 11.9. The molecular weight excluding hydrogens is 274 g/mol. The summed E-state index contributed by atoms with van der Waals surface area (Å²) in [6.45, 7) is 2.73. The molecule has 1 saturated heterocycles. The van der Waals surface area contributed by atoms with Crippen LogP contribution in [-0.4, -0.2) is 53.4 Å². The van der Waals surface area contributed by atoms with Crippen LogP contribution in [0.3, 0.4) is 0 Å². The highest BCUT2D eigenvalue weighted by molar-refractivity contribution is 6.04. The summed E-state index contributed by atoms with van der Waals surface area (Å²) in [5, 5.41) is 2.30. The first-order valence-corrected chi connectivity index (χ1v) is 7.00. The molecule has 0 bridgehead atoms. The highest BCUT2D eigenvalue weighted by Crippen LogP contribution is 2.17. The van der Waals surface area contributed by atoms with E-state index in [1.165, 1.54) is 0 Å². The number of amides is 2. The molecule has 1 aliphatic heterocycles. The van der Waals surface area contributed by atoms with Gasteiger partial charge in [-0.3, -0.25) is 24.6 Å². The summed E-state index contributed by atoms with van der Waals surface area (Å²) in [4.78, 5) is 39.9. The van der Waals surface area contributed by atoms with Gasteiger partial charge in [0.15, 0.2) is 0 Å². The molecule has 114 valence electrons. The quantitative estimate of drug-likeness (QED) is 0.762. The second-order valence-corrected chi connectivity index (χ2v) is 4.84. The molecule has 0 radical (unpaired) electrons. The minimum atomic E-state index is -0.475. The Morgan fingerprint density at radius 3 is 2.95 bits per heavy atom. The Labute approximate surface area is 122 Å². The van der Waals surface area contributed by atoms with E-state index in [0.29, 0.717) is 25.3 Å². The molecule has 2 N–H and O–H groups in total. The lowest BCUT2D eigenvalue weighted by molar-refractivity contribution is -0.148. The third-order valence-corrected chi connectivity index (χ3v) is 3.36. The Morgan fingerprint density at radius 1 is 1.48 bits per heavy atom. The molecule has 0 aliphatic carbocycles. The Hall–Kier alpha value is -2.15. The standard InChI is InChI=1S/C14H19N3O4/c1-2-21-14(20)11-6-4-8-17(11)9-12(18)16-13(19)10-5-3-7-15-10/h3,5,7,11,15H,2,4,6,8-9H2,1H3,(H,16,18,19). The zero-order chi connectivity index (χ0) is 15.2. The van der Waals surface area contributed by atoms with Gasteiger partial charge in [-0.2, -0.15) is 0 Å². The third-order valence-electron chi connectivity index (χ3n) is 3.36. The van der Waals surface area contributed by atoms with E-state index in [-0.39, 0.29) is 12.5 Å². The zero-order valence-electron chi connectivity index (χ0n) is 11.9.